The van der Waals surface area contributed by atoms with Crippen LogP contribution < -0.4 is 0 Å². The van der Waals surface area contributed by atoms with E-state index >= 15 is 0 Å². The summed E-state index contributed by atoms with van der Waals surface area (Å²) < 4.78 is 1.67. The van der Waals surface area contributed by atoms with Gasteiger partial charge in [0.2, 0.25) is 5.91 Å². The number of aryl methyl sites for hydroxylation is 1. The molecular formula is C16H21N5O2S. The second-order valence-corrected chi connectivity index (χ2v) is 6.72. The summed E-state index contributed by atoms with van der Waals surface area (Å²) in [5.41, 5.74) is 2.10. The van der Waals surface area contributed by atoms with Crippen molar-refractivity contribution < 1.29 is 9.59 Å². The van der Waals surface area contributed by atoms with Gasteiger partial charge in [0.1, 0.15) is 11.6 Å². The topological polar surface area (TPSA) is 71.3 Å². The van der Waals surface area contributed by atoms with Crippen molar-refractivity contribution in [3.05, 3.63) is 23.8 Å². The Morgan fingerprint density at radius 2 is 2.08 bits per heavy atom. The Labute approximate surface area is 145 Å². The van der Waals surface area contributed by atoms with Crippen LogP contribution in [0.3, 0.4) is 0 Å². The molecule has 1 saturated heterocycles. The molecule has 0 bridgehead atoms. The Morgan fingerprint density at radius 3 is 2.79 bits per heavy atom. The molecule has 7 nitrogen and oxygen atoms in total. The molecule has 2 aromatic rings. The lowest BCUT2D eigenvalue weighted by Crippen LogP contribution is -2.48. The molecule has 2 heterocycles. The van der Waals surface area contributed by atoms with Gasteiger partial charge < -0.3 is 9.80 Å². The fraction of sp³-hybridized carbons (Fsp3) is 0.500. The Bertz CT molecular complexity index is 771. The average Bonchev–Trinajstić information content (AvgIpc) is 3.22. The van der Waals surface area contributed by atoms with E-state index in [4.69, 9.17) is 0 Å². The maximum atomic E-state index is 12.9. The molecule has 0 radical (unpaired) electrons. The monoisotopic (exact) mass is 347 g/mol. The lowest BCUT2D eigenvalue weighted by atomic mass is 10.1. The van der Waals surface area contributed by atoms with Crippen LogP contribution in [0.1, 0.15) is 24.2 Å². The molecule has 1 aliphatic heterocycles. The molecule has 0 aliphatic carbocycles. The van der Waals surface area contributed by atoms with Crippen molar-refractivity contribution in [1.29, 1.82) is 0 Å². The van der Waals surface area contributed by atoms with Crippen molar-refractivity contribution >= 4 is 34.6 Å². The number of thioether (sulfide) groups is 1. The Balaban J connectivity index is 1.85. The Morgan fingerprint density at radius 1 is 1.33 bits per heavy atom. The highest BCUT2D eigenvalue weighted by Gasteiger charge is 2.36. The molecule has 0 unspecified atom stereocenters. The number of amides is 2. The van der Waals surface area contributed by atoms with E-state index in [0.717, 1.165) is 5.52 Å². The lowest BCUT2D eigenvalue weighted by molar-refractivity contribution is -0.134. The highest BCUT2D eigenvalue weighted by atomic mass is 32.2. The normalized spacial score (nSPS) is 17.5. The molecule has 0 saturated carbocycles. The van der Waals surface area contributed by atoms with Crippen LogP contribution in [-0.4, -0.2) is 67.4 Å². The number of hydrogen-bond donors (Lipinski definition) is 0. The Hall–Kier alpha value is -2.09. The van der Waals surface area contributed by atoms with Gasteiger partial charge in [0.25, 0.3) is 5.91 Å². The zero-order valence-electron chi connectivity index (χ0n) is 14.1. The summed E-state index contributed by atoms with van der Waals surface area (Å²) in [6.45, 7) is 5.23. The number of benzene rings is 1. The first-order valence-electron chi connectivity index (χ1n) is 8.03. The number of fused-ring (bicyclic) bond motifs is 1. The van der Waals surface area contributed by atoms with Gasteiger partial charge in [0, 0.05) is 31.5 Å². The van der Waals surface area contributed by atoms with Crippen LogP contribution >= 0.6 is 11.8 Å². The fourth-order valence-corrected chi connectivity index (χ4v) is 4.08. The van der Waals surface area contributed by atoms with Gasteiger partial charge in [-0.05, 0) is 32.0 Å². The highest BCUT2D eigenvalue weighted by molar-refractivity contribution is 7.99. The van der Waals surface area contributed by atoms with Gasteiger partial charge in [0.05, 0.1) is 11.4 Å². The van der Waals surface area contributed by atoms with Crippen molar-refractivity contribution in [2.24, 2.45) is 7.05 Å². The molecule has 1 aromatic carbocycles. The third kappa shape index (κ3) is 2.86. The minimum Gasteiger partial charge on any atom is -0.341 e. The van der Waals surface area contributed by atoms with E-state index in [0.29, 0.717) is 35.8 Å². The zero-order chi connectivity index (χ0) is 17.3. The lowest BCUT2D eigenvalue weighted by Gasteiger charge is -2.28. The summed E-state index contributed by atoms with van der Waals surface area (Å²) in [6, 6.07) is 4.97. The second-order valence-electron chi connectivity index (χ2n) is 5.72. The molecule has 8 heteroatoms. The van der Waals surface area contributed by atoms with Gasteiger partial charge in [-0.1, -0.05) is 5.21 Å². The first-order chi connectivity index (χ1) is 11.6. The van der Waals surface area contributed by atoms with E-state index < -0.39 is 0 Å². The predicted octanol–water partition coefficient (Wildman–Crippen LogP) is 1.35. The molecule has 0 spiro atoms. The minimum absolute atomic E-state index is 0.0268. The van der Waals surface area contributed by atoms with E-state index in [1.807, 2.05) is 27.0 Å². The number of aromatic nitrogens is 3. The standard InChI is InChI=1S/C16H21N5O2S/c1-4-20(5-2)16(23)14-9-24-10-21(14)15(22)11-6-7-13-12(8-11)17-18-19(13)3/h6-8,14H,4-5,9-10H2,1-3H3/t14-/m0/s1. The molecule has 1 aromatic heterocycles. The number of rotatable bonds is 4. The summed E-state index contributed by atoms with van der Waals surface area (Å²) >= 11 is 1.61. The third-order valence-corrected chi connectivity index (χ3v) is 5.37. The molecule has 1 atom stereocenters. The molecule has 1 fully saturated rings. The van der Waals surface area contributed by atoms with Gasteiger partial charge in [-0.3, -0.25) is 9.59 Å². The average molecular weight is 347 g/mol. The fourth-order valence-electron chi connectivity index (χ4n) is 2.93. The van der Waals surface area contributed by atoms with Crippen LogP contribution in [0, 0.1) is 0 Å². The summed E-state index contributed by atoms with van der Waals surface area (Å²) in [7, 11) is 1.81. The number of carbonyl (C=O) groups is 2. The second kappa shape index (κ2) is 6.80. The van der Waals surface area contributed by atoms with E-state index in [1.165, 1.54) is 0 Å². The van der Waals surface area contributed by atoms with Crippen molar-refractivity contribution in [3.8, 4) is 0 Å². The Kier molecular flexibility index (Phi) is 4.75. The molecule has 0 N–H and O–H groups in total. The SMILES string of the molecule is CCN(CC)C(=O)[C@@H]1CSCN1C(=O)c1ccc2c(c1)nnn2C. The summed E-state index contributed by atoms with van der Waals surface area (Å²) in [5, 5.41) is 8.02. The smallest absolute Gasteiger partial charge is 0.255 e. The maximum absolute atomic E-state index is 12.9. The summed E-state index contributed by atoms with van der Waals surface area (Å²) in [6.07, 6.45) is 0. The van der Waals surface area contributed by atoms with Crippen LogP contribution in [0.5, 0.6) is 0 Å². The molecule has 3 rings (SSSR count). The van der Waals surface area contributed by atoms with Crippen LogP contribution in [0.25, 0.3) is 11.0 Å². The largest absolute Gasteiger partial charge is 0.341 e. The first kappa shape index (κ1) is 16.8. The predicted molar refractivity (Wildman–Crippen MR) is 93.7 cm³/mol. The van der Waals surface area contributed by atoms with Crippen molar-refractivity contribution in [2.75, 3.05) is 24.7 Å². The van der Waals surface area contributed by atoms with Gasteiger partial charge in [-0.25, -0.2) is 4.68 Å². The van der Waals surface area contributed by atoms with Crippen LogP contribution in [0.15, 0.2) is 18.2 Å². The van der Waals surface area contributed by atoms with Crippen molar-refractivity contribution in [2.45, 2.75) is 19.9 Å². The van der Waals surface area contributed by atoms with Crippen LogP contribution in [0.4, 0.5) is 0 Å². The van der Waals surface area contributed by atoms with E-state index in [1.54, 1.807) is 38.4 Å². The van der Waals surface area contributed by atoms with Crippen LogP contribution in [-0.2, 0) is 11.8 Å². The molecule has 1 aliphatic rings. The highest BCUT2D eigenvalue weighted by Crippen LogP contribution is 2.25. The summed E-state index contributed by atoms with van der Waals surface area (Å²) in [4.78, 5) is 29.0. The number of nitrogens with zero attached hydrogens (tertiary/aromatic N) is 5. The minimum atomic E-state index is -0.389. The molecule has 128 valence electrons. The number of likely N-dealkylation sites (N-methyl/N-ethyl adjacent to an activating group) is 1. The number of hydrogen-bond acceptors (Lipinski definition) is 5. The molecule has 2 amide bonds. The zero-order valence-corrected chi connectivity index (χ0v) is 14.9. The van der Waals surface area contributed by atoms with Gasteiger partial charge >= 0.3 is 0 Å². The van der Waals surface area contributed by atoms with Gasteiger partial charge in [-0.15, -0.1) is 16.9 Å². The van der Waals surface area contributed by atoms with Crippen molar-refractivity contribution in [1.82, 2.24) is 24.8 Å². The van der Waals surface area contributed by atoms with E-state index in [9.17, 15) is 9.59 Å². The van der Waals surface area contributed by atoms with Crippen molar-refractivity contribution in [3.63, 3.8) is 0 Å². The first-order valence-corrected chi connectivity index (χ1v) is 9.19. The number of carbonyl (C=O) groups excluding carboxylic acids is 2. The van der Waals surface area contributed by atoms with Gasteiger partial charge in [-0.2, -0.15) is 0 Å². The van der Waals surface area contributed by atoms with Crippen LogP contribution in [0.2, 0.25) is 0 Å². The quantitative estimate of drug-likeness (QED) is 0.835. The molecular weight excluding hydrogens is 326 g/mol. The van der Waals surface area contributed by atoms with E-state index in [-0.39, 0.29) is 17.9 Å². The summed E-state index contributed by atoms with van der Waals surface area (Å²) in [5.74, 6) is 1.08. The third-order valence-electron chi connectivity index (χ3n) is 4.36. The van der Waals surface area contributed by atoms with Gasteiger partial charge in [0.15, 0.2) is 0 Å². The van der Waals surface area contributed by atoms with E-state index in [2.05, 4.69) is 10.3 Å². The maximum Gasteiger partial charge on any atom is 0.255 e. The molecule has 24 heavy (non-hydrogen) atoms.